The maximum absolute atomic E-state index is 12.3. The van der Waals surface area contributed by atoms with Crippen molar-refractivity contribution in [1.29, 1.82) is 0 Å². The minimum absolute atomic E-state index is 0.0631. The fraction of sp³-hybridized carbons (Fsp3) is 0.929. The molecule has 0 heterocycles. The zero-order chi connectivity index (χ0) is 12.5. The van der Waals surface area contributed by atoms with Gasteiger partial charge in [-0.25, -0.2) is 0 Å². The van der Waals surface area contributed by atoms with Crippen molar-refractivity contribution in [1.82, 2.24) is 5.32 Å². The Kier molecular flexibility index (Phi) is 3.48. The Morgan fingerprint density at radius 2 is 2.00 bits per heavy atom. The number of nitrogens with one attached hydrogen (secondary N) is 1. The second kappa shape index (κ2) is 4.60. The smallest absolute Gasteiger partial charge is 0.326 e. The van der Waals surface area contributed by atoms with Crippen LogP contribution in [0, 0.1) is 5.41 Å². The molecular formula is C14H25NO2. The Balaban J connectivity index is 2.09. The van der Waals surface area contributed by atoms with Gasteiger partial charge < -0.3 is 4.74 Å². The molecule has 3 nitrogen and oxygen atoms in total. The number of rotatable bonds is 5. The van der Waals surface area contributed by atoms with Crippen LogP contribution < -0.4 is 5.32 Å². The van der Waals surface area contributed by atoms with Crippen LogP contribution >= 0.6 is 0 Å². The van der Waals surface area contributed by atoms with Crippen LogP contribution in [0.15, 0.2) is 0 Å². The van der Waals surface area contributed by atoms with E-state index in [0.29, 0.717) is 12.6 Å². The van der Waals surface area contributed by atoms with E-state index in [0.717, 1.165) is 12.8 Å². The largest absolute Gasteiger partial charge is 0.465 e. The summed E-state index contributed by atoms with van der Waals surface area (Å²) < 4.78 is 5.28. The lowest BCUT2D eigenvalue weighted by Gasteiger charge is -2.37. The predicted molar refractivity (Wildman–Crippen MR) is 67.8 cm³/mol. The zero-order valence-corrected chi connectivity index (χ0v) is 11.3. The summed E-state index contributed by atoms with van der Waals surface area (Å²) in [7, 11) is 0. The van der Waals surface area contributed by atoms with E-state index >= 15 is 0 Å². The molecule has 2 saturated carbocycles. The molecule has 2 aliphatic rings. The summed E-state index contributed by atoms with van der Waals surface area (Å²) in [5.74, 6) is -0.0631. The van der Waals surface area contributed by atoms with Crippen molar-refractivity contribution in [3.05, 3.63) is 0 Å². The summed E-state index contributed by atoms with van der Waals surface area (Å²) in [6, 6.07) is 0.502. The van der Waals surface area contributed by atoms with Crippen LogP contribution in [-0.2, 0) is 9.53 Å². The first-order valence-corrected chi connectivity index (χ1v) is 6.97. The van der Waals surface area contributed by atoms with E-state index in [9.17, 15) is 4.79 Å². The Hall–Kier alpha value is -0.570. The normalized spacial score (nSPS) is 26.5. The summed E-state index contributed by atoms with van der Waals surface area (Å²) in [6.07, 6.45) is 7.22. The third kappa shape index (κ3) is 2.35. The van der Waals surface area contributed by atoms with Gasteiger partial charge in [0.2, 0.25) is 0 Å². The molecule has 2 fully saturated rings. The molecule has 1 atom stereocenters. The lowest BCUT2D eigenvalue weighted by molar-refractivity contribution is -0.154. The summed E-state index contributed by atoms with van der Waals surface area (Å²) in [5.41, 5.74) is -0.389. The predicted octanol–water partition coefficient (Wildman–Crippen LogP) is 2.64. The van der Waals surface area contributed by atoms with Crippen LogP contribution in [0.1, 0.15) is 59.3 Å². The van der Waals surface area contributed by atoms with E-state index in [-0.39, 0.29) is 11.4 Å². The molecule has 0 aromatic heterocycles. The molecule has 0 amide bonds. The van der Waals surface area contributed by atoms with E-state index in [1.807, 2.05) is 13.8 Å². The molecule has 0 aromatic rings. The molecule has 2 aliphatic carbocycles. The number of hydrogen-bond acceptors (Lipinski definition) is 3. The standard InChI is InChI=1S/C14H25NO2/c1-4-17-12(16)14(3,13(2)9-10-13)15-11-7-5-6-8-11/h11,15H,4-10H2,1-3H3. The van der Waals surface area contributed by atoms with E-state index < -0.39 is 5.54 Å². The average molecular weight is 239 g/mol. The number of esters is 1. The van der Waals surface area contributed by atoms with Gasteiger partial charge in [-0.2, -0.15) is 0 Å². The topological polar surface area (TPSA) is 38.3 Å². The minimum atomic E-state index is -0.488. The highest BCUT2D eigenvalue weighted by Crippen LogP contribution is 2.54. The highest BCUT2D eigenvalue weighted by molar-refractivity contribution is 5.82. The van der Waals surface area contributed by atoms with Gasteiger partial charge in [0, 0.05) is 6.04 Å². The molecule has 0 bridgehead atoms. The van der Waals surface area contributed by atoms with Gasteiger partial charge in [0.15, 0.2) is 0 Å². The van der Waals surface area contributed by atoms with Crippen molar-refractivity contribution < 1.29 is 9.53 Å². The van der Waals surface area contributed by atoms with Crippen LogP contribution in [0.4, 0.5) is 0 Å². The third-order valence-electron chi connectivity index (χ3n) is 4.74. The molecular weight excluding hydrogens is 214 g/mol. The first-order chi connectivity index (χ1) is 8.02. The lowest BCUT2D eigenvalue weighted by atomic mass is 9.83. The monoisotopic (exact) mass is 239 g/mol. The van der Waals surface area contributed by atoms with Crippen LogP contribution in [0.25, 0.3) is 0 Å². The van der Waals surface area contributed by atoms with Crippen molar-refractivity contribution in [2.45, 2.75) is 70.9 Å². The van der Waals surface area contributed by atoms with Crippen molar-refractivity contribution >= 4 is 5.97 Å². The molecule has 3 heteroatoms. The van der Waals surface area contributed by atoms with Gasteiger partial charge >= 0.3 is 5.97 Å². The lowest BCUT2D eigenvalue weighted by Crippen LogP contribution is -2.59. The second-order valence-electron chi connectivity index (χ2n) is 6.03. The van der Waals surface area contributed by atoms with Gasteiger partial charge in [0.25, 0.3) is 0 Å². The summed E-state index contributed by atoms with van der Waals surface area (Å²) in [5, 5.41) is 3.60. The number of carbonyl (C=O) groups excluding carboxylic acids is 1. The quantitative estimate of drug-likeness (QED) is 0.750. The van der Waals surface area contributed by atoms with Crippen molar-refractivity contribution in [3.8, 4) is 0 Å². The highest BCUT2D eigenvalue weighted by Gasteiger charge is 2.58. The Morgan fingerprint density at radius 3 is 2.47 bits per heavy atom. The van der Waals surface area contributed by atoms with Gasteiger partial charge in [-0.1, -0.05) is 19.8 Å². The molecule has 0 saturated heterocycles. The fourth-order valence-electron chi connectivity index (χ4n) is 2.92. The Labute approximate surface area is 104 Å². The fourth-order valence-corrected chi connectivity index (χ4v) is 2.92. The van der Waals surface area contributed by atoms with Crippen LogP contribution in [0.3, 0.4) is 0 Å². The summed E-state index contributed by atoms with van der Waals surface area (Å²) >= 11 is 0. The van der Waals surface area contributed by atoms with Gasteiger partial charge in [-0.3, -0.25) is 10.1 Å². The van der Waals surface area contributed by atoms with Crippen LogP contribution in [0.2, 0.25) is 0 Å². The zero-order valence-electron chi connectivity index (χ0n) is 11.3. The molecule has 1 N–H and O–H groups in total. The van der Waals surface area contributed by atoms with E-state index in [2.05, 4.69) is 12.2 Å². The molecule has 0 radical (unpaired) electrons. The SMILES string of the molecule is CCOC(=O)C(C)(NC1CCCC1)C1(C)CC1. The van der Waals surface area contributed by atoms with Crippen molar-refractivity contribution in [2.24, 2.45) is 5.41 Å². The molecule has 0 spiro atoms. The molecule has 0 aliphatic heterocycles. The number of ether oxygens (including phenoxy) is 1. The van der Waals surface area contributed by atoms with E-state index in [4.69, 9.17) is 4.74 Å². The first kappa shape index (κ1) is 12.9. The molecule has 0 aromatic carbocycles. The van der Waals surface area contributed by atoms with E-state index in [1.54, 1.807) is 0 Å². The highest BCUT2D eigenvalue weighted by atomic mass is 16.5. The Morgan fingerprint density at radius 1 is 1.41 bits per heavy atom. The number of hydrogen-bond donors (Lipinski definition) is 1. The minimum Gasteiger partial charge on any atom is -0.465 e. The van der Waals surface area contributed by atoms with Gasteiger partial charge in [0.05, 0.1) is 6.61 Å². The molecule has 2 rings (SSSR count). The second-order valence-corrected chi connectivity index (χ2v) is 6.03. The van der Waals surface area contributed by atoms with Gasteiger partial charge in [-0.15, -0.1) is 0 Å². The van der Waals surface area contributed by atoms with E-state index in [1.165, 1.54) is 25.7 Å². The van der Waals surface area contributed by atoms with Gasteiger partial charge in [0.1, 0.15) is 5.54 Å². The van der Waals surface area contributed by atoms with Crippen molar-refractivity contribution in [3.63, 3.8) is 0 Å². The first-order valence-electron chi connectivity index (χ1n) is 6.97. The van der Waals surface area contributed by atoms with Crippen LogP contribution in [-0.4, -0.2) is 24.2 Å². The maximum atomic E-state index is 12.3. The van der Waals surface area contributed by atoms with Crippen LogP contribution in [0.5, 0.6) is 0 Å². The maximum Gasteiger partial charge on any atom is 0.326 e. The average Bonchev–Trinajstić information content (AvgIpc) is 2.85. The summed E-state index contributed by atoms with van der Waals surface area (Å²) in [6.45, 7) is 6.59. The van der Waals surface area contributed by atoms with Gasteiger partial charge in [-0.05, 0) is 44.9 Å². The Bertz CT molecular complexity index is 293. The van der Waals surface area contributed by atoms with Crippen molar-refractivity contribution in [2.75, 3.05) is 6.61 Å². The summed E-state index contributed by atoms with van der Waals surface area (Å²) in [4.78, 5) is 12.3. The third-order valence-corrected chi connectivity index (χ3v) is 4.74. The molecule has 1 unspecified atom stereocenters. The number of carbonyl (C=O) groups is 1. The molecule has 98 valence electrons. The molecule has 17 heavy (non-hydrogen) atoms.